The van der Waals surface area contributed by atoms with Crippen molar-refractivity contribution in [3.05, 3.63) is 87.9 Å². The lowest BCUT2D eigenvalue weighted by Crippen LogP contribution is -2.34. The van der Waals surface area contributed by atoms with Crippen molar-refractivity contribution in [2.24, 2.45) is 7.05 Å². The third kappa shape index (κ3) is 3.23. The van der Waals surface area contributed by atoms with Gasteiger partial charge in [-0.25, -0.2) is 4.79 Å². The van der Waals surface area contributed by atoms with Gasteiger partial charge in [0.1, 0.15) is 7.05 Å². The Bertz CT molecular complexity index is 1240. The van der Waals surface area contributed by atoms with Crippen molar-refractivity contribution >= 4 is 32.8 Å². The van der Waals surface area contributed by atoms with Gasteiger partial charge in [-0.05, 0) is 60.9 Å². The first-order valence-electron chi connectivity index (χ1n) is 9.40. The molecule has 0 aliphatic rings. The molecule has 0 aliphatic carbocycles. The predicted octanol–water partition coefficient (Wildman–Crippen LogP) is 6.08. The molecular weight excluding hydrogens is 426 g/mol. The van der Waals surface area contributed by atoms with Gasteiger partial charge in [-0.15, -0.1) is 0 Å². The van der Waals surface area contributed by atoms with Crippen molar-refractivity contribution in [2.75, 3.05) is 0 Å². The number of hydrogen-bond donors (Lipinski definition) is 1. The molecule has 0 bridgehead atoms. The zero-order valence-corrected chi connectivity index (χ0v) is 18.1. The Labute approximate surface area is 178 Å². The third-order valence-electron chi connectivity index (χ3n) is 5.37. The van der Waals surface area contributed by atoms with Gasteiger partial charge in [-0.3, -0.25) is 0 Å². The van der Waals surface area contributed by atoms with Gasteiger partial charge < -0.3 is 5.11 Å². The van der Waals surface area contributed by atoms with Crippen LogP contribution in [-0.2, 0) is 7.05 Å². The first-order valence-corrected chi connectivity index (χ1v) is 10.2. The van der Waals surface area contributed by atoms with Crippen LogP contribution < -0.4 is 4.57 Å². The number of rotatable bonds is 3. The number of fused-ring (bicyclic) bond motifs is 1. The van der Waals surface area contributed by atoms with Gasteiger partial charge in [0.15, 0.2) is 0 Å². The fourth-order valence-electron chi connectivity index (χ4n) is 4.22. The van der Waals surface area contributed by atoms with Crippen LogP contribution in [0.2, 0.25) is 0 Å². The van der Waals surface area contributed by atoms with E-state index < -0.39 is 5.97 Å². The van der Waals surface area contributed by atoms with Gasteiger partial charge in [0.05, 0.1) is 16.5 Å². The number of para-hydroxylation sites is 1. The van der Waals surface area contributed by atoms with Gasteiger partial charge in [-0.2, -0.15) is 4.57 Å². The molecule has 0 saturated carbocycles. The normalized spacial score (nSPS) is 11.0. The fraction of sp³-hybridized carbons (Fsp3) is 0.120. The van der Waals surface area contributed by atoms with Crippen LogP contribution in [0.15, 0.2) is 71.2 Å². The topological polar surface area (TPSA) is 41.2 Å². The molecule has 0 fully saturated rings. The third-order valence-corrected chi connectivity index (χ3v) is 5.82. The van der Waals surface area contributed by atoms with Crippen LogP contribution in [0.1, 0.15) is 21.5 Å². The molecule has 1 N–H and O–H groups in total. The molecule has 4 heteroatoms. The Balaban J connectivity index is 2.30. The highest BCUT2D eigenvalue weighted by molar-refractivity contribution is 9.10. The van der Waals surface area contributed by atoms with Crippen LogP contribution in [0.25, 0.3) is 33.3 Å². The number of carboxylic acid groups (broad SMARTS) is 1. The van der Waals surface area contributed by atoms with E-state index in [9.17, 15) is 9.90 Å². The molecule has 3 nitrogen and oxygen atoms in total. The quantitative estimate of drug-likeness (QED) is 0.387. The van der Waals surface area contributed by atoms with E-state index in [0.29, 0.717) is 5.56 Å². The Hall–Kier alpha value is -2.98. The smallest absolute Gasteiger partial charge is 0.337 e. The van der Waals surface area contributed by atoms with Crippen LogP contribution in [0.3, 0.4) is 0 Å². The lowest BCUT2D eigenvalue weighted by atomic mass is 9.87. The van der Waals surface area contributed by atoms with Crippen molar-refractivity contribution in [1.29, 1.82) is 0 Å². The lowest BCUT2D eigenvalue weighted by Gasteiger charge is -2.18. The minimum absolute atomic E-state index is 0.339. The average molecular weight is 447 g/mol. The predicted molar refractivity (Wildman–Crippen MR) is 120 cm³/mol. The second-order valence-corrected chi connectivity index (χ2v) is 8.18. The molecule has 0 saturated heterocycles. The number of halogens is 1. The maximum absolute atomic E-state index is 12.6. The first-order chi connectivity index (χ1) is 13.9. The number of hydrogen-bond acceptors (Lipinski definition) is 1. The Morgan fingerprint density at radius 3 is 2.10 bits per heavy atom. The maximum Gasteiger partial charge on any atom is 0.337 e. The number of carboxylic acids is 1. The molecule has 0 amide bonds. The molecule has 4 aromatic rings. The molecule has 3 aromatic carbocycles. The summed E-state index contributed by atoms with van der Waals surface area (Å²) in [5, 5.41) is 11.0. The van der Waals surface area contributed by atoms with E-state index in [-0.39, 0.29) is 0 Å². The lowest BCUT2D eigenvalue weighted by molar-refractivity contribution is -0.633. The van der Waals surface area contributed by atoms with Crippen molar-refractivity contribution in [1.82, 2.24) is 0 Å². The zero-order valence-electron chi connectivity index (χ0n) is 16.5. The molecule has 144 valence electrons. The molecule has 0 spiro atoms. The van der Waals surface area contributed by atoms with E-state index in [1.807, 2.05) is 87.6 Å². The fourth-order valence-corrected chi connectivity index (χ4v) is 4.91. The van der Waals surface area contributed by atoms with Crippen molar-refractivity contribution in [3.63, 3.8) is 0 Å². The van der Waals surface area contributed by atoms with Crippen molar-refractivity contribution in [3.8, 4) is 22.4 Å². The summed E-state index contributed by atoms with van der Waals surface area (Å²) in [6, 6.07) is 21.8. The minimum Gasteiger partial charge on any atom is -0.478 e. The standard InChI is InChI=1S/C25H20BrNO2/c1-15-13-18(26)14-16(2)21(15)23-22(25(28)29)19-11-7-8-12-20(19)27(3)24(23)17-9-5-4-6-10-17/h4-14H,1-3H3/p+1. The summed E-state index contributed by atoms with van der Waals surface area (Å²) in [6.07, 6.45) is 0. The Morgan fingerprint density at radius 2 is 1.48 bits per heavy atom. The molecule has 0 unspecified atom stereocenters. The van der Waals surface area contributed by atoms with E-state index in [1.165, 1.54) is 0 Å². The molecule has 1 heterocycles. The van der Waals surface area contributed by atoms with Gasteiger partial charge in [0.2, 0.25) is 11.2 Å². The molecular formula is C25H21BrNO2+. The van der Waals surface area contributed by atoms with Gasteiger partial charge in [0, 0.05) is 16.1 Å². The van der Waals surface area contributed by atoms with E-state index in [0.717, 1.165) is 48.9 Å². The van der Waals surface area contributed by atoms with Crippen molar-refractivity contribution in [2.45, 2.75) is 13.8 Å². The molecule has 0 atom stereocenters. The van der Waals surface area contributed by atoms with Crippen LogP contribution in [0, 0.1) is 13.8 Å². The number of pyridine rings is 1. The number of carbonyl (C=O) groups is 1. The molecule has 0 aliphatic heterocycles. The molecule has 1 aromatic heterocycles. The Morgan fingerprint density at radius 1 is 0.897 bits per heavy atom. The number of nitrogens with zero attached hydrogens (tertiary/aromatic N) is 1. The van der Waals surface area contributed by atoms with E-state index in [2.05, 4.69) is 20.5 Å². The summed E-state index contributed by atoms with van der Waals surface area (Å²) in [4.78, 5) is 12.6. The SMILES string of the molecule is Cc1cc(Br)cc(C)c1-c1c(C(=O)O)c2ccccc2[n+](C)c1-c1ccccc1. The minimum atomic E-state index is -0.921. The highest BCUT2D eigenvalue weighted by atomic mass is 79.9. The van der Waals surface area contributed by atoms with Gasteiger partial charge in [0.25, 0.3) is 0 Å². The van der Waals surface area contributed by atoms with E-state index in [1.54, 1.807) is 0 Å². The molecule has 4 rings (SSSR count). The highest BCUT2D eigenvalue weighted by Gasteiger charge is 2.31. The highest BCUT2D eigenvalue weighted by Crippen LogP contribution is 2.40. The number of aryl methyl sites for hydroxylation is 3. The van der Waals surface area contributed by atoms with E-state index in [4.69, 9.17) is 0 Å². The number of aromatic nitrogens is 1. The summed E-state index contributed by atoms with van der Waals surface area (Å²) in [5.41, 5.74) is 6.90. The summed E-state index contributed by atoms with van der Waals surface area (Å²) in [5.74, 6) is -0.921. The van der Waals surface area contributed by atoms with Crippen molar-refractivity contribution < 1.29 is 14.5 Å². The number of aromatic carboxylic acids is 1. The Kier molecular flexibility index (Phi) is 4.97. The van der Waals surface area contributed by atoms with Gasteiger partial charge in [-0.1, -0.05) is 46.3 Å². The second-order valence-electron chi connectivity index (χ2n) is 7.26. The zero-order chi connectivity index (χ0) is 20.7. The van der Waals surface area contributed by atoms with Crippen LogP contribution >= 0.6 is 15.9 Å². The van der Waals surface area contributed by atoms with Gasteiger partial charge >= 0.3 is 5.97 Å². The largest absolute Gasteiger partial charge is 0.478 e. The average Bonchev–Trinajstić information content (AvgIpc) is 2.68. The summed E-state index contributed by atoms with van der Waals surface area (Å²) in [6.45, 7) is 4.06. The summed E-state index contributed by atoms with van der Waals surface area (Å²) >= 11 is 3.56. The molecule has 0 radical (unpaired) electrons. The van der Waals surface area contributed by atoms with Crippen LogP contribution in [0.4, 0.5) is 0 Å². The second kappa shape index (κ2) is 7.45. The number of benzene rings is 3. The first kappa shape index (κ1) is 19.3. The molecule has 29 heavy (non-hydrogen) atoms. The summed E-state index contributed by atoms with van der Waals surface area (Å²) < 4.78 is 3.09. The monoisotopic (exact) mass is 446 g/mol. The van der Waals surface area contributed by atoms with Crippen LogP contribution in [0.5, 0.6) is 0 Å². The van der Waals surface area contributed by atoms with Crippen LogP contribution in [-0.4, -0.2) is 11.1 Å². The maximum atomic E-state index is 12.6. The van der Waals surface area contributed by atoms with E-state index >= 15 is 0 Å². The summed E-state index contributed by atoms with van der Waals surface area (Å²) in [7, 11) is 2.00.